The monoisotopic (exact) mass is 277 g/mol. The maximum absolute atomic E-state index is 10.5. The molecule has 2 heteroatoms. The van der Waals surface area contributed by atoms with Crippen LogP contribution in [0.5, 0.6) is 0 Å². The predicted octanol–water partition coefficient (Wildman–Crippen LogP) is 4.40. The Morgan fingerprint density at radius 2 is 1.60 bits per heavy atom. The van der Waals surface area contributed by atoms with Crippen LogP contribution in [0.4, 0.5) is 0 Å². The number of hydrogen-bond acceptors (Lipinski definition) is 2. The quantitative estimate of drug-likeness (QED) is 0.656. The molecular weight excluding hydrogens is 246 g/mol. The van der Waals surface area contributed by atoms with Crippen LogP contribution in [-0.2, 0) is 0 Å². The van der Waals surface area contributed by atoms with Crippen molar-refractivity contribution in [1.82, 2.24) is 5.32 Å². The minimum absolute atomic E-state index is 0.149. The van der Waals surface area contributed by atoms with Crippen LogP contribution in [0, 0.1) is 0 Å². The van der Waals surface area contributed by atoms with E-state index < -0.39 is 6.10 Å². The molecule has 0 aliphatic rings. The highest BCUT2D eigenvalue weighted by atomic mass is 16.3. The third kappa shape index (κ3) is 4.92. The second-order valence-corrected chi connectivity index (χ2v) is 5.74. The summed E-state index contributed by atoms with van der Waals surface area (Å²) in [4.78, 5) is 0. The second-order valence-electron chi connectivity index (χ2n) is 5.74. The summed E-state index contributed by atoms with van der Waals surface area (Å²) in [5.41, 5.74) is 2.38. The lowest BCUT2D eigenvalue weighted by molar-refractivity contribution is 0.126. The number of aliphatic hydroxyl groups is 1. The van der Waals surface area contributed by atoms with E-state index >= 15 is 0 Å². The summed E-state index contributed by atoms with van der Waals surface area (Å²) in [6.45, 7) is 9.74. The van der Waals surface area contributed by atoms with E-state index in [1.165, 1.54) is 12.0 Å². The molecule has 0 bridgehead atoms. The molecule has 2 N–H and O–H groups in total. The van der Waals surface area contributed by atoms with Crippen molar-refractivity contribution >= 4 is 0 Å². The molecule has 1 aromatic carbocycles. The van der Waals surface area contributed by atoms with E-state index in [4.69, 9.17) is 0 Å². The van der Waals surface area contributed by atoms with Gasteiger partial charge in [-0.25, -0.2) is 0 Å². The smallest absolute Gasteiger partial charge is 0.0942 e. The van der Waals surface area contributed by atoms with Crippen LogP contribution in [0.1, 0.15) is 76.5 Å². The number of rotatable bonds is 9. The molecule has 0 fully saturated rings. The first-order valence-electron chi connectivity index (χ1n) is 8.15. The lowest BCUT2D eigenvalue weighted by Gasteiger charge is -2.24. The van der Waals surface area contributed by atoms with E-state index in [2.05, 4.69) is 57.3 Å². The topological polar surface area (TPSA) is 32.3 Å². The van der Waals surface area contributed by atoms with Crippen molar-refractivity contribution in [2.75, 3.05) is 6.54 Å². The molecule has 114 valence electrons. The van der Waals surface area contributed by atoms with Crippen LogP contribution >= 0.6 is 0 Å². The van der Waals surface area contributed by atoms with Crippen molar-refractivity contribution in [2.45, 2.75) is 71.4 Å². The van der Waals surface area contributed by atoms with Gasteiger partial charge in [-0.1, -0.05) is 58.4 Å². The SMILES string of the molecule is CCCCNC(CC)C(O)c1ccc(C(C)CC)cc1. The third-order valence-corrected chi connectivity index (χ3v) is 4.22. The van der Waals surface area contributed by atoms with Gasteiger partial charge in [0.2, 0.25) is 0 Å². The zero-order chi connectivity index (χ0) is 15.0. The maximum atomic E-state index is 10.5. The minimum Gasteiger partial charge on any atom is -0.387 e. The van der Waals surface area contributed by atoms with E-state index in [1.807, 2.05) is 0 Å². The van der Waals surface area contributed by atoms with Crippen molar-refractivity contribution < 1.29 is 5.11 Å². The largest absolute Gasteiger partial charge is 0.387 e. The normalized spacial score (nSPS) is 15.8. The van der Waals surface area contributed by atoms with Gasteiger partial charge in [-0.3, -0.25) is 0 Å². The molecule has 2 nitrogen and oxygen atoms in total. The van der Waals surface area contributed by atoms with Crippen molar-refractivity contribution in [1.29, 1.82) is 0 Å². The van der Waals surface area contributed by atoms with Crippen LogP contribution in [0.15, 0.2) is 24.3 Å². The van der Waals surface area contributed by atoms with Crippen LogP contribution in [-0.4, -0.2) is 17.7 Å². The summed E-state index contributed by atoms with van der Waals surface area (Å²) in [6.07, 6.45) is 4.03. The van der Waals surface area contributed by atoms with E-state index in [0.29, 0.717) is 5.92 Å². The van der Waals surface area contributed by atoms with E-state index in [0.717, 1.165) is 31.4 Å². The first-order chi connectivity index (χ1) is 9.63. The molecule has 0 aliphatic heterocycles. The Kier molecular flexibility index (Phi) is 7.86. The van der Waals surface area contributed by atoms with Gasteiger partial charge in [0.15, 0.2) is 0 Å². The lowest BCUT2D eigenvalue weighted by Crippen LogP contribution is -2.35. The minimum atomic E-state index is -0.414. The van der Waals surface area contributed by atoms with E-state index in [9.17, 15) is 5.11 Å². The summed E-state index contributed by atoms with van der Waals surface area (Å²) in [7, 11) is 0. The van der Waals surface area contributed by atoms with Crippen LogP contribution in [0.3, 0.4) is 0 Å². The molecule has 3 unspecified atom stereocenters. The number of hydrogen-bond donors (Lipinski definition) is 2. The Hall–Kier alpha value is -0.860. The molecule has 0 aromatic heterocycles. The standard InChI is InChI=1S/C18H31NO/c1-5-8-13-19-17(7-3)18(20)16-11-9-15(10-12-16)14(4)6-2/h9-12,14,17-20H,5-8,13H2,1-4H3. The number of unbranched alkanes of at least 4 members (excludes halogenated alkanes) is 1. The molecule has 0 aliphatic carbocycles. The highest BCUT2D eigenvalue weighted by Crippen LogP contribution is 2.23. The van der Waals surface area contributed by atoms with Gasteiger partial charge < -0.3 is 10.4 Å². The van der Waals surface area contributed by atoms with Crippen LogP contribution in [0.2, 0.25) is 0 Å². The predicted molar refractivity (Wildman–Crippen MR) is 87.1 cm³/mol. The van der Waals surface area contributed by atoms with Gasteiger partial charge in [0.1, 0.15) is 0 Å². The summed E-state index contributed by atoms with van der Waals surface area (Å²) in [6, 6.07) is 8.62. The highest BCUT2D eigenvalue weighted by Gasteiger charge is 2.18. The molecule has 0 saturated heterocycles. The molecule has 20 heavy (non-hydrogen) atoms. The van der Waals surface area contributed by atoms with Gasteiger partial charge >= 0.3 is 0 Å². The molecule has 0 radical (unpaired) electrons. The summed E-state index contributed by atoms with van der Waals surface area (Å²) < 4.78 is 0. The van der Waals surface area contributed by atoms with Crippen LogP contribution < -0.4 is 5.32 Å². The first-order valence-corrected chi connectivity index (χ1v) is 8.15. The average molecular weight is 277 g/mol. The van der Waals surface area contributed by atoms with Gasteiger partial charge in [0, 0.05) is 6.04 Å². The molecule has 0 heterocycles. The number of aliphatic hydroxyl groups excluding tert-OH is 1. The van der Waals surface area contributed by atoms with Gasteiger partial charge in [0.25, 0.3) is 0 Å². The molecular formula is C18H31NO. The van der Waals surface area contributed by atoms with E-state index in [-0.39, 0.29) is 6.04 Å². The Bertz CT molecular complexity index is 360. The lowest BCUT2D eigenvalue weighted by atomic mass is 9.94. The maximum Gasteiger partial charge on any atom is 0.0942 e. The number of nitrogens with one attached hydrogen (secondary N) is 1. The fraction of sp³-hybridized carbons (Fsp3) is 0.667. The molecule has 0 spiro atoms. The molecule has 0 amide bonds. The molecule has 1 rings (SSSR count). The summed E-state index contributed by atoms with van der Waals surface area (Å²) in [5.74, 6) is 0.589. The Labute approximate surface area is 124 Å². The molecule has 1 aromatic rings. The number of benzene rings is 1. The van der Waals surface area contributed by atoms with Crippen molar-refractivity contribution in [3.05, 3.63) is 35.4 Å². The zero-order valence-electron chi connectivity index (χ0n) is 13.5. The Balaban J connectivity index is 2.66. The second kappa shape index (κ2) is 9.15. The van der Waals surface area contributed by atoms with Crippen molar-refractivity contribution in [2.24, 2.45) is 0 Å². The first kappa shape index (κ1) is 17.2. The van der Waals surface area contributed by atoms with Gasteiger partial charge in [-0.05, 0) is 42.9 Å². The third-order valence-electron chi connectivity index (χ3n) is 4.22. The van der Waals surface area contributed by atoms with Crippen LogP contribution in [0.25, 0.3) is 0 Å². The van der Waals surface area contributed by atoms with Gasteiger partial charge in [-0.2, -0.15) is 0 Å². The van der Waals surface area contributed by atoms with Crippen molar-refractivity contribution in [3.63, 3.8) is 0 Å². The zero-order valence-corrected chi connectivity index (χ0v) is 13.5. The summed E-state index contributed by atoms with van der Waals surface area (Å²) in [5, 5.41) is 14.0. The average Bonchev–Trinajstić information content (AvgIpc) is 2.50. The fourth-order valence-corrected chi connectivity index (χ4v) is 2.43. The molecule has 3 atom stereocenters. The fourth-order valence-electron chi connectivity index (χ4n) is 2.43. The van der Waals surface area contributed by atoms with Gasteiger partial charge in [0.05, 0.1) is 6.10 Å². The Morgan fingerprint density at radius 1 is 1.00 bits per heavy atom. The van der Waals surface area contributed by atoms with Gasteiger partial charge in [-0.15, -0.1) is 0 Å². The Morgan fingerprint density at radius 3 is 2.10 bits per heavy atom. The highest BCUT2D eigenvalue weighted by molar-refractivity contribution is 5.27. The van der Waals surface area contributed by atoms with E-state index in [1.54, 1.807) is 0 Å². The summed E-state index contributed by atoms with van der Waals surface area (Å²) >= 11 is 0. The molecule has 0 saturated carbocycles. The van der Waals surface area contributed by atoms with Crippen molar-refractivity contribution in [3.8, 4) is 0 Å².